The van der Waals surface area contributed by atoms with Crippen LogP contribution in [0.1, 0.15) is 37.7 Å². The van der Waals surface area contributed by atoms with Crippen LogP contribution in [0.25, 0.3) is 6.08 Å². The maximum absolute atomic E-state index is 13.0. The monoisotopic (exact) mass is 398 g/mol. The van der Waals surface area contributed by atoms with Crippen molar-refractivity contribution in [3.05, 3.63) is 35.9 Å². The molecule has 3 aliphatic heterocycles. The Morgan fingerprint density at radius 1 is 1.03 bits per heavy atom. The third kappa shape index (κ3) is 4.16. The fourth-order valence-corrected chi connectivity index (χ4v) is 5.22. The number of carbonyl (C=O) groups excluding carboxylic acids is 2. The van der Waals surface area contributed by atoms with E-state index in [4.69, 9.17) is 5.21 Å². The van der Waals surface area contributed by atoms with Gasteiger partial charge >= 0.3 is 0 Å². The van der Waals surface area contributed by atoms with Crippen LogP contribution < -0.4 is 10.4 Å². The Morgan fingerprint density at radius 2 is 1.72 bits per heavy atom. The lowest BCUT2D eigenvalue weighted by Crippen LogP contribution is -2.51. The summed E-state index contributed by atoms with van der Waals surface area (Å²) in [6.45, 7) is 5.31. The highest BCUT2D eigenvalue weighted by Gasteiger charge is 2.46. The molecule has 0 bridgehead atoms. The van der Waals surface area contributed by atoms with Gasteiger partial charge in [-0.2, -0.15) is 0 Å². The number of rotatable bonds is 5. The van der Waals surface area contributed by atoms with E-state index in [2.05, 4.69) is 9.80 Å². The van der Waals surface area contributed by atoms with Crippen LogP contribution in [0.4, 0.5) is 5.69 Å². The van der Waals surface area contributed by atoms with Crippen LogP contribution in [-0.4, -0.2) is 71.6 Å². The molecule has 29 heavy (non-hydrogen) atoms. The molecule has 1 aromatic rings. The number of nitrogens with one attached hydrogen (secondary N) is 1. The number of para-hydroxylation sites is 1. The fraction of sp³-hybridized carbons (Fsp3) is 0.545. The van der Waals surface area contributed by atoms with Gasteiger partial charge in [0.2, 0.25) is 5.91 Å². The van der Waals surface area contributed by atoms with E-state index >= 15 is 0 Å². The Hall–Kier alpha value is -2.38. The number of fused-ring (bicyclic) bond motifs is 1. The summed E-state index contributed by atoms with van der Waals surface area (Å²) in [5.41, 5.74) is 3.71. The first-order chi connectivity index (χ1) is 14.1. The molecule has 0 saturated carbocycles. The fourth-order valence-electron chi connectivity index (χ4n) is 5.22. The molecule has 4 rings (SSSR count). The molecule has 7 nitrogen and oxygen atoms in total. The second-order valence-electron chi connectivity index (χ2n) is 8.33. The highest BCUT2D eigenvalue weighted by molar-refractivity contribution is 5.91. The third-order valence-corrected chi connectivity index (χ3v) is 6.73. The Kier molecular flexibility index (Phi) is 5.87. The number of hydrogen-bond donors (Lipinski definition) is 2. The Bertz CT molecular complexity index is 776. The summed E-state index contributed by atoms with van der Waals surface area (Å²) in [5, 5.41) is 8.67. The topological polar surface area (TPSA) is 76.1 Å². The number of amides is 2. The average Bonchev–Trinajstić information content (AvgIpc) is 3.32. The predicted octanol–water partition coefficient (Wildman–Crippen LogP) is 1.87. The van der Waals surface area contributed by atoms with Crippen molar-refractivity contribution in [2.45, 2.75) is 37.6 Å². The van der Waals surface area contributed by atoms with Crippen LogP contribution in [0.15, 0.2) is 30.3 Å². The van der Waals surface area contributed by atoms with Crippen molar-refractivity contribution >= 4 is 23.6 Å². The van der Waals surface area contributed by atoms with Gasteiger partial charge in [0.15, 0.2) is 0 Å². The van der Waals surface area contributed by atoms with Crippen LogP contribution in [0.5, 0.6) is 0 Å². The predicted molar refractivity (Wildman–Crippen MR) is 112 cm³/mol. The first-order valence-electron chi connectivity index (χ1n) is 10.6. The van der Waals surface area contributed by atoms with Gasteiger partial charge in [0.1, 0.15) is 0 Å². The van der Waals surface area contributed by atoms with E-state index in [-0.39, 0.29) is 5.54 Å². The van der Waals surface area contributed by atoms with Crippen LogP contribution in [0.3, 0.4) is 0 Å². The lowest BCUT2D eigenvalue weighted by Gasteiger charge is -2.39. The highest BCUT2D eigenvalue weighted by atomic mass is 16.5. The molecule has 0 aliphatic carbocycles. The van der Waals surface area contributed by atoms with Crippen molar-refractivity contribution in [3.8, 4) is 0 Å². The SMILES string of the molecule is O=C(/C=C/c1ccccc1N1CCN(C(=O)CC23CCCN2CCC3)CC1)NO. The van der Waals surface area contributed by atoms with Crippen LogP contribution in [0, 0.1) is 0 Å². The molecule has 3 fully saturated rings. The minimum Gasteiger partial charge on any atom is -0.367 e. The van der Waals surface area contributed by atoms with Crippen molar-refractivity contribution in [2.24, 2.45) is 0 Å². The molecule has 0 spiro atoms. The number of carbonyl (C=O) groups is 2. The van der Waals surface area contributed by atoms with Gasteiger partial charge < -0.3 is 9.80 Å². The molecule has 2 N–H and O–H groups in total. The van der Waals surface area contributed by atoms with Gasteiger partial charge in [-0.3, -0.25) is 19.7 Å². The zero-order chi connectivity index (χ0) is 20.3. The average molecular weight is 399 g/mol. The normalized spacial score (nSPS) is 21.6. The maximum Gasteiger partial charge on any atom is 0.267 e. The standard InChI is InChI=1S/C22H30N4O3/c27-20(23-29)8-7-18-5-1-2-6-19(18)24-13-15-25(16-14-24)21(28)17-22-9-3-11-26(22)12-4-10-22/h1-2,5-8,29H,3-4,9-17H2,(H,23,27)/b8-7+. The lowest BCUT2D eigenvalue weighted by molar-refractivity contribution is -0.134. The first-order valence-corrected chi connectivity index (χ1v) is 10.6. The van der Waals surface area contributed by atoms with E-state index in [1.807, 2.05) is 29.2 Å². The molecule has 3 heterocycles. The maximum atomic E-state index is 13.0. The summed E-state index contributed by atoms with van der Waals surface area (Å²) in [4.78, 5) is 31.1. The summed E-state index contributed by atoms with van der Waals surface area (Å²) < 4.78 is 0. The van der Waals surface area contributed by atoms with Crippen LogP contribution >= 0.6 is 0 Å². The molecule has 3 saturated heterocycles. The van der Waals surface area contributed by atoms with Crippen LogP contribution in [-0.2, 0) is 9.59 Å². The number of hydrogen-bond acceptors (Lipinski definition) is 5. The zero-order valence-corrected chi connectivity index (χ0v) is 16.8. The van der Waals surface area contributed by atoms with Crippen molar-refractivity contribution in [2.75, 3.05) is 44.2 Å². The van der Waals surface area contributed by atoms with Crippen molar-refractivity contribution in [3.63, 3.8) is 0 Å². The minimum absolute atomic E-state index is 0.138. The molecule has 0 radical (unpaired) electrons. The van der Waals surface area contributed by atoms with Gasteiger partial charge in [-0.05, 0) is 56.5 Å². The van der Waals surface area contributed by atoms with Crippen molar-refractivity contribution in [1.82, 2.24) is 15.3 Å². The molecule has 156 valence electrons. The van der Waals surface area contributed by atoms with E-state index in [1.54, 1.807) is 11.6 Å². The smallest absolute Gasteiger partial charge is 0.267 e. The molecule has 3 aliphatic rings. The largest absolute Gasteiger partial charge is 0.367 e. The van der Waals surface area contributed by atoms with E-state index < -0.39 is 5.91 Å². The van der Waals surface area contributed by atoms with Gasteiger partial charge in [-0.25, -0.2) is 5.48 Å². The van der Waals surface area contributed by atoms with Gasteiger partial charge in [0.05, 0.1) is 0 Å². The Balaban J connectivity index is 1.37. The lowest BCUT2D eigenvalue weighted by atomic mass is 9.89. The number of nitrogens with zero attached hydrogens (tertiary/aromatic N) is 3. The van der Waals surface area contributed by atoms with Crippen molar-refractivity contribution in [1.29, 1.82) is 0 Å². The highest BCUT2D eigenvalue weighted by Crippen LogP contribution is 2.41. The quantitative estimate of drug-likeness (QED) is 0.450. The second kappa shape index (κ2) is 8.55. The van der Waals surface area contributed by atoms with Crippen molar-refractivity contribution < 1.29 is 14.8 Å². The van der Waals surface area contributed by atoms with E-state index in [1.165, 1.54) is 31.8 Å². The van der Waals surface area contributed by atoms with E-state index in [9.17, 15) is 9.59 Å². The molecule has 0 unspecified atom stereocenters. The van der Waals surface area contributed by atoms with Gasteiger partial charge in [-0.1, -0.05) is 18.2 Å². The summed E-state index contributed by atoms with van der Waals surface area (Å²) in [7, 11) is 0. The minimum atomic E-state index is -0.553. The number of hydroxylamine groups is 1. The summed E-state index contributed by atoms with van der Waals surface area (Å²) in [6, 6.07) is 7.88. The number of piperazine rings is 1. The Labute approximate surface area is 171 Å². The van der Waals surface area contributed by atoms with Crippen LogP contribution in [0.2, 0.25) is 0 Å². The van der Waals surface area contributed by atoms with Gasteiger partial charge in [0, 0.05) is 49.9 Å². The van der Waals surface area contributed by atoms with E-state index in [0.717, 1.165) is 50.5 Å². The molecule has 7 heteroatoms. The second-order valence-corrected chi connectivity index (χ2v) is 8.33. The number of anilines is 1. The molecular weight excluding hydrogens is 368 g/mol. The summed E-state index contributed by atoms with van der Waals surface area (Å²) >= 11 is 0. The molecule has 2 amide bonds. The summed E-state index contributed by atoms with van der Waals surface area (Å²) in [5.74, 6) is -0.256. The molecule has 1 aromatic carbocycles. The third-order valence-electron chi connectivity index (χ3n) is 6.73. The van der Waals surface area contributed by atoms with E-state index in [0.29, 0.717) is 12.3 Å². The number of benzene rings is 1. The molecule has 0 aromatic heterocycles. The Morgan fingerprint density at radius 3 is 2.41 bits per heavy atom. The summed E-state index contributed by atoms with van der Waals surface area (Å²) in [6.07, 6.45) is 8.46. The van der Waals surface area contributed by atoms with Gasteiger partial charge in [0.25, 0.3) is 5.91 Å². The van der Waals surface area contributed by atoms with Gasteiger partial charge in [-0.15, -0.1) is 0 Å². The zero-order valence-electron chi connectivity index (χ0n) is 16.8. The molecular formula is C22H30N4O3. The molecule has 0 atom stereocenters. The first kappa shape index (κ1) is 19.9.